The van der Waals surface area contributed by atoms with Gasteiger partial charge in [-0.1, -0.05) is 44.2 Å². The average molecular weight is 206 g/mol. The molecule has 1 atom stereocenters. The van der Waals surface area contributed by atoms with Crippen LogP contribution in [0.4, 0.5) is 0 Å². The molecule has 1 aromatic rings. The first-order valence-corrected chi connectivity index (χ1v) is 5.78. The van der Waals surface area contributed by atoms with Gasteiger partial charge in [0.1, 0.15) is 0 Å². The third-order valence-corrected chi connectivity index (χ3v) is 2.73. The molecule has 84 valence electrons. The quantitative estimate of drug-likeness (QED) is 0.770. The highest BCUT2D eigenvalue weighted by Crippen LogP contribution is 2.03. The molecule has 0 aromatic heterocycles. The summed E-state index contributed by atoms with van der Waals surface area (Å²) in [6.45, 7) is 7.51. The molecule has 0 spiro atoms. The second-order valence-electron chi connectivity index (χ2n) is 3.94. The van der Waals surface area contributed by atoms with Gasteiger partial charge in [-0.25, -0.2) is 0 Å². The van der Waals surface area contributed by atoms with Gasteiger partial charge in [-0.3, -0.25) is 0 Å². The normalized spacial score (nSPS) is 13.1. The minimum atomic E-state index is 0.243. The highest BCUT2D eigenvalue weighted by molar-refractivity contribution is 5.15. The van der Waals surface area contributed by atoms with Gasteiger partial charge in [0.2, 0.25) is 0 Å². The third-order valence-electron chi connectivity index (χ3n) is 2.73. The molecule has 2 heteroatoms. The molecule has 2 nitrogen and oxygen atoms in total. The van der Waals surface area contributed by atoms with E-state index in [1.807, 2.05) is 6.07 Å². The van der Waals surface area contributed by atoms with E-state index in [9.17, 15) is 0 Å². The van der Waals surface area contributed by atoms with Crippen LogP contribution in [0.5, 0.6) is 0 Å². The summed E-state index contributed by atoms with van der Waals surface area (Å²) in [7, 11) is 0. The van der Waals surface area contributed by atoms with E-state index in [1.54, 1.807) is 0 Å². The number of rotatable bonds is 6. The number of nitrogens with zero attached hydrogens (tertiary/aromatic N) is 1. The Balaban J connectivity index is 2.39. The fourth-order valence-corrected chi connectivity index (χ4v) is 1.79. The Hall–Kier alpha value is -0.860. The Labute approximate surface area is 93.1 Å². The van der Waals surface area contributed by atoms with Gasteiger partial charge in [-0.2, -0.15) is 0 Å². The Morgan fingerprint density at radius 2 is 1.73 bits per heavy atom. The van der Waals surface area contributed by atoms with Gasteiger partial charge in [-0.05, 0) is 25.1 Å². The summed E-state index contributed by atoms with van der Waals surface area (Å²) in [6.07, 6.45) is 0.970. The lowest BCUT2D eigenvalue weighted by molar-refractivity contribution is 0.282. The summed E-state index contributed by atoms with van der Waals surface area (Å²) in [5.41, 5.74) is 7.45. The monoisotopic (exact) mass is 206 g/mol. The minimum Gasteiger partial charge on any atom is -0.326 e. The second kappa shape index (κ2) is 6.59. The van der Waals surface area contributed by atoms with E-state index >= 15 is 0 Å². The Bertz CT molecular complexity index is 254. The lowest BCUT2D eigenvalue weighted by Crippen LogP contribution is -2.38. The summed E-state index contributed by atoms with van der Waals surface area (Å²) >= 11 is 0. The first-order valence-electron chi connectivity index (χ1n) is 5.78. The number of likely N-dealkylation sites (N-methyl/N-ethyl adjacent to an activating group) is 1. The van der Waals surface area contributed by atoms with Crippen molar-refractivity contribution in [1.29, 1.82) is 0 Å². The van der Waals surface area contributed by atoms with Crippen LogP contribution in [0, 0.1) is 0 Å². The van der Waals surface area contributed by atoms with E-state index in [-0.39, 0.29) is 6.04 Å². The molecule has 0 heterocycles. The van der Waals surface area contributed by atoms with Gasteiger partial charge in [0.05, 0.1) is 0 Å². The fraction of sp³-hybridized carbons (Fsp3) is 0.538. The summed E-state index contributed by atoms with van der Waals surface area (Å²) in [5, 5.41) is 0. The zero-order valence-corrected chi connectivity index (χ0v) is 9.82. The Morgan fingerprint density at radius 1 is 1.13 bits per heavy atom. The molecule has 1 aromatic carbocycles. The van der Waals surface area contributed by atoms with Gasteiger partial charge in [0.25, 0.3) is 0 Å². The van der Waals surface area contributed by atoms with Crippen LogP contribution < -0.4 is 5.73 Å². The highest BCUT2D eigenvalue weighted by atomic mass is 15.1. The molecular formula is C13H22N2. The first-order chi connectivity index (χ1) is 7.26. The molecule has 0 bridgehead atoms. The largest absolute Gasteiger partial charge is 0.326 e. The van der Waals surface area contributed by atoms with Gasteiger partial charge in [0, 0.05) is 12.6 Å². The van der Waals surface area contributed by atoms with Crippen molar-refractivity contribution < 1.29 is 0 Å². The van der Waals surface area contributed by atoms with Crippen LogP contribution in [0.3, 0.4) is 0 Å². The summed E-state index contributed by atoms with van der Waals surface area (Å²) in [4.78, 5) is 2.37. The highest BCUT2D eigenvalue weighted by Gasteiger charge is 2.07. The van der Waals surface area contributed by atoms with Gasteiger partial charge >= 0.3 is 0 Å². The maximum atomic E-state index is 6.12. The summed E-state index contributed by atoms with van der Waals surface area (Å²) in [6, 6.07) is 10.7. The van der Waals surface area contributed by atoms with Crippen LogP contribution in [-0.2, 0) is 6.42 Å². The number of nitrogens with two attached hydrogens (primary N) is 1. The summed E-state index contributed by atoms with van der Waals surface area (Å²) in [5.74, 6) is 0. The van der Waals surface area contributed by atoms with Crippen LogP contribution in [0.15, 0.2) is 30.3 Å². The zero-order chi connectivity index (χ0) is 11.1. The predicted octanol–water partition coefficient (Wildman–Crippen LogP) is 1.90. The predicted molar refractivity (Wildman–Crippen MR) is 65.9 cm³/mol. The van der Waals surface area contributed by atoms with Crippen LogP contribution in [0.2, 0.25) is 0 Å². The van der Waals surface area contributed by atoms with E-state index in [2.05, 4.69) is 43.0 Å². The minimum absolute atomic E-state index is 0.243. The van der Waals surface area contributed by atoms with Gasteiger partial charge in [0.15, 0.2) is 0 Å². The molecule has 0 amide bonds. The van der Waals surface area contributed by atoms with Crippen molar-refractivity contribution >= 4 is 0 Å². The van der Waals surface area contributed by atoms with Gasteiger partial charge < -0.3 is 10.6 Å². The standard InChI is InChI=1S/C13H22N2/c1-3-15(4-2)11-13(14)10-12-8-6-5-7-9-12/h5-9,13H,3-4,10-11,14H2,1-2H3/t13-/m0/s1. The van der Waals surface area contributed by atoms with Crippen molar-refractivity contribution in [2.45, 2.75) is 26.3 Å². The summed E-state index contributed by atoms with van der Waals surface area (Å²) < 4.78 is 0. The van der Waals surface area contributed by atoms with E-state index in [0.29, 0.717) is 0 Å². The third kappa shape index (κ3) is 4.45. The zero-order valence-electron chi connectivity index (χ0n) is 9.82. The van der Waals surface area contributed by atoms with Crippen molar-refractivity contribution in [2.24, 2.45) is 5.73 Å². The lowest BCUT2D eigenvalue weighted by Gasteiger charge is -2.22. The smallest absolute Gasteiger partial charge is 0.0208 e. The van der Waals surface area contributed by atoms with Crippen molar-refractivity contribution in [1.82, 2.24) is 4.90 Å². The maximum absolute atomic E-state index is 6.12. The molecule has 0 saturated carbocycles. The van der Waals surface area contributed by atoms with E-state index in [0.717, 1.165) is 26.1 Å². The van der Waals surface area contributed by atoms with Crippen molar-refractivity contribution in [2.75, 3.05) is 19.6 Å². The molecule has 0 aliphatic heterocycles. The molecule has 0 aliphatic carbocycles. The molecule has 0 saturated heterocycles. The van der Waals surface area contributed by atoms with Crippen molar-refractivity contribution in [3.05, 3.63) is 35.9 Å². The topological polar surface area (TPSA) is 29.3 Å². The first kappa shape index (κ1) is 12.2. The van der Waals surface area contributed by atoms with Crippen molar-refractivity contribution in [3.8, 4) is 0 Å². The molecule has 0 fully saturated rings. The molecule has 0 unspecified atom stereocenters. The lowest BCUT2D eigenvalue weighted by atomic mass is 10.1. The van der Waals surface area contributed by atoms with E-state index in [4.69, 9.17) is 5.73 Å². The van der Waals surface area contributed by atoms with Crippen LogP contribution in [-0.4, -0.2) is 30.6 Å². The second-order valence-corrected chi connectivity index (χ2v) is 3.94. The average Bonchev–Trinajstić information content (AvgIpc) is 2.27. The number of hydrogen-bond donors (Lipinski definition) is 1. The van der Waals surface area contributed by atoms with Crippen molar-refractivity contribution in [3.63, 3.8) is 0 Å². The fourth-order valence-electron chi connectivity index (χ4n) is 1.79. The van der Waals surface area contributed by atoms with Crippen LogP contribution >= 0.6 is 0 Å². The Morgan fingerprint density at radius 3 is 2.27 bits per heavy atom. The molecule has 0 aliphatic rings. The van der Waals surface area contributed by atoms with E-state index in [1.165, 1.54) is 5.56 Å². The van der Waals surface area contributed by atoms with E-state index < -0.39 is 0 Å². The molecule has 2 N–H and O–H groups in total. The van der Waals surface area contributed by atoms with Gasteiger partial charge in [-0.15, -0.1) is 0 Å². The molecule has 15 heavy (non-hydrogen) atoms. The van der Waals surface area contributed by atoms with Crippen LogP contribution in [0.25, 0.3) is 0 Å². The molecular weight excluding hydrogens is 184 g/mol. The van der Waals surface area contributed by atoms with Crippen LogP contribution in [0.1, 0.15) is 19.4 Å². The number of hydrogen-bond acceptors (Lipinski definition) is 2. The maximum Gasteiger partial charge on any atom is 0.0208 e. The number of benzene rings is 1. The molecule has 0 radical (unpaired) electrons. The Kier molecular flexibility index (Phi) is 5.37. The molecule has 1 rings (SSSR count). The SMILES string of the molecule is CCN(CC)C[C@@H](N)Cc1ccccc1.